The highest BCUT2D eigenvalue weighted by Gasteiger charge is 2.78. The third-order valence-corrected chi connectivity index (χ3v) is 12.0. The molecule has 1 saturated carbocycles. The first-order valence-electron chi connectivity index (χ1n) is 20.8. The molecule has 0 aromatic heterocycles. The molecule has 8 atom stereocenters. The summed E-state index contributed by atoms with van der Waals surface area (Å²) in [5.74, 6) is -3.77. The second kappa shape index (κ2) is 17.6. The second-order valence-corrected chi connectivity index (χ2v) is 16.8. The number of hydrogen-bond donors (Lipinski definition) is 0. The lowest BCUT2D eigenvalue weighted by Gasteiger charge is -2.45. The lowest BCUT2D eigenvalue weighted by Crippen LogP contribution is -2.63. The van der Waals surface area contributed by atoms with Crippen LogP contribution in [0.3, 0.4) is 0 Å². The Bertz CT molecular complexity index is 2240. The van der Waals surface area contributed by atoms with Crippen LogP contribution in [-0.2, 0) is 42.6 Å². The average Bonchev–Trinajstić information content (AvgIpc) is 3.68. The van der Waals surface area contributed by atoms with Gasteiger partial charge in [0.25, 0.3) is 0 Å². The van der Waals surface area contributed by atoms with Crippen molar-refractivity contribution in [3.05, 3.63) is 156 Å². The number of benzene rings is 4. The maximum Gasteiger partial charge on any atom is 0.338 e. The van der Waals surface area contributed by atoms with Crippen LogP contribution in [0.5, 0.6) is 0 Å². The maximum atomic E-state index is 14.0. The van der Waals surface area contributed by atoms with Gasteiger partial charge in [0.05, 0.1) is 41.6 Å². The molecule has 8 unspecified atom stereocenters. The molecule has 0 N–H and O–H groups in total. The molecule has 4 fully saturated rings. The van der Waals surface area contributed by atoms with Gasteiger partial charge in [-0.3, -0.25) is 0 Å². The van der Waals surface area contributed by atoms with Crippen molar-refractivity contribution in [1.29, 1.82) is 0 Å². The Morgan fingerprint density at radius 3 is 1.56 bits per heavy atom. The third kappa shape index (κ3) is 8.81. The van der Waals surface area contributed by atoms with Gasteiger partial charge in [0.2, 0.25) is 0 Å². The Morgan fingerprint density at radius 2 is 1.08 bits per heavy atom. The first-order valence-corrected chi connectivity index (χ1v) is 20.8. The molecule has 0 bridgehead atoms. The number of rotatable bonds is 13. The number of carbonyl (C=O) groups excluding carboxylic acids is 4. The molecule has 3 saturated heterocycles. The van der Waals surface area contributed by atoms with E-state index < -0.39 is 89.7 Å². The zero-order valence-corrected chi connectivity index (χ0v) is 35.0. The lowest BCUT2D eigenvalue weighted by molar-refractivity contribution is -0.303. The predicted octanol–water partition coefficient (Wildman–Crippen LogP) is 7.30. The predicted molar refractivity (Wildman–Crippen MR) is 222 cm³/mol. The van der Waals surface area contributed by atoms with Gasteiger partial charge < -0.3 is 42.6 Å². The molecule has 13 nitrogen and oxygen atoms in total. The van der Waals surface area contributed by atoms with Crippen LogP contribution in [0.2, 0.25) is 0 Å². The van der Waals surface area contributed by atoms with Gasteiger partial charge in [-0.2, -0.15) is 0 Å². The van der Waals surface area contributed by atoms with E-state index in [1.807, 2.05) is 19.1 Å². The van der Waals surface area contributed by atoms with E-state index in [0.717, 1.165) is 0 Å². The molecule has 62 heavy (non-hydrogen) atoms. The fourth-order valence-corrected chi connectivity index (χ4v) is 9.03. The van der Waals surface area contributed by atoms with Gasteiger partial charge in [0.1, 0.15) is 23.9 Å². The first-order chi connectivity index (χ1) is 29.8. The molecule has 3 heterocycles. The van der Waals surface area contributed by atoms with Crippen LogP contribution in [0.25, 0.3) is 0 Å². The maximum absolute atomic E-state index is 14.0. The van der Waals surface area contributed by atoms with Gasteiger partial charge in [-0.1, -0.05) is 98.8 Å². The van der Waals surface area contributed by atoms with E-state index in [-0.39, 0.29) is 22.3 Å². The van der Waals surface area contributed by atoms with Crippen molar-refractivity contribution >= 4 is 23.9 Å². The van der Waals surface area contributed by atoms with E-state index in [1.54, 1.807) is 128 Å². The lowest BCUT2D eigenvalue weighted by atomic mass is 9.61. The SMILES string of the molecule is CC(C=CC12OC1(C)CC1(CC2(C)C)OCCO1)OC1OC(COC(=O)c2ccccc2)C(OC(=O)c2ccccc2)C(OC(=O)c2ccccc2)C1OC(=O)c1ccccc1. The minimum Gasteiger partial charge on any atom is -0.459 e. The smallest absolute Gasteiger partial charge is 0.338 e. The zero-order valence-electron chi connectivity index (χ0n) is 35.0. The van der Waals surface area contributed by atoms with E-state index in [9.17, 15) is 19.2 Å². The minimum atomic E-state index is -1.55. The van der Waals surface area contributed by atoms with Gasteiger partial charge in [-0.05, 0) is 62.4 Å². The van der Waals surface area contributed by atoms with Crippen molar-refractivity contribution in [2.24, 2.45) is 5.41 Å². The third-order valence-electron chi connectivity index (χ3n) is 12.0. The van der Waals surface area contributed by atoms with Gasteiger partial charge in [0, 0.05) is 18.3 Å². The van der Waals surface area contributed by atoms with Crippen LogP contribution >= 0.6 is 0 Å². The van der Waals surface area contributed by atoms with Crippen molar-refractivity contribution in [3.63, 3.8) is 0 Å². The minimum absolute atomic E-state index is 0.179. The molecular weight excluding hydrogens is 797 g/mol. The summed E-state index contributed by atoms with van der Waals surface area (Å²) in [6, 6.07) is 33.0. The molecular formula is C49H50O13. The molecule has 1 spiro atoms. The Morgan fingerprint density at radius 1 is 0.629 bits per heavy atom. The summed E-state index contributed by atoms with van der Waals surface area (Å²) in [5.41, 5.74) is -0.832. The van der Waals surface area contributed by atoms with Crippen LogP contribution in [0.4, 0.5) is 0 Å². The van der Waals surface area contributed by atoms with Crippen LogP contribution in [0.15, 0.2) is 133 Å². The number of fused-ring (bicyclic) bond motifs is 1. The molecule has 8 rings (SSSR count). The van der Waals surface area contributed by atoms with Crippen molar-refractivity contribution in [1.82, 2.24) is 0 Å². The number of ether oxygens (including phenoxy) is 9. The molecule has 3 aliphatic heterocycles. The van der Waals surface area contributed by atoms with Gasteiger partial charge >= 0.3 is 23.9 Å². The van der Waals surface area contributed by atoms with Crippen LogP contribution in [0, 0.1) is 5.41 Å². The van der Waals surface area contributed by atoms with Gasteiger partial charge in [-0.15, -0.1) is 0 Å². The summed E-state index contributed by atoms with van der Waals surface area (Å²) in [5, 5.41) is 0. The largest absolute Gasteiger partial charge is 0.459 e. The fourth-order valence-electron chi connectivity index (χ4n) is 9.03. The normalized spacial score (nSPS) is 28.6. The summed E-state index contributed by atoms with van der Waals surface area (Å²) < 4.78 is 56.3. The first kappa shape index (κ1) is 43.0. The fraction of sp³-hybridized carbons (Fsp3) is 0.388. The topological polar surface area (TPSA) is 155 Å². The number of carbonyl (C=O) groups is 4. The second-order valence-electron chi connectivity index (χ2n) is 16.8. The monoisotopic (exact) mass is 846 g/mol. The number of esters is 4. The number of hydrogen-bond acceptors (Lipinski definition) is 13. The summed E-state index contributed by atoms with van der Waals surface area (Å²) in [6.07, 6.45) is -3.06. The summed E-state index contributed by atoms with van der Waals surface area (Å²) >= 11 is 0. The van der Waals surface area contributed by atoms with Gasteiger partial charge in [0.15, 0.2) is 30.4 Å². The molecule has 4 aromatic carbocycles. The van der Waals surface area contributed by atoms with E-state index >= 15 is 0 Å². The number of epoxide rings is 1. The van der Waals surface area contributed by atoms with E-state index in [4.69, 9.17) is 42.6 Å². The summed E-state index contributed by atoms with van der Waals surface area (Å²) in [7, 11) is 0. The Labute approximate surface area is 360 Å². The summed E-state index contributed by atoms with van der Waals surface area (Å²) in [4.78, 5) is 55.1. The molecule has 324 valence electrons. The highest BCUT2D eigenvalue weighted by Crippen LogP contribution is 2.69. The molecule has 4 aliphatic rings. The average molecular weight is 847 g/mol. The van der Waals surface area contributed by atoms with E-state index in [2.05, 4.69) is 13.8 Å². The van der Waals surface area contributed by atoms with E-state index in [0.29, 0.717) is 26.1 Å². The Kier molecular flexibility index (Phi) is 12.2. The molecule has 0 amide bonds. The Balaban J connectivity index is 1.14. The molecule has 1 aliphatic carbocycles. The van der Waals surface area contributed by atoms with Crippen molar-refractivity contribution in [3.8, 4) is 0 Å². The molecule has 0 radical (unpaired) electrons. The highest BCUT2D eigenvalue weighted by molar-refractivity contribution is 5.91. The quantitative estimate of drug-likeness (QED) is 0.0573. The standard InChI is InChI=1S/C49H50O13/c1-32(25-26-49-46(2,3)30-48(55-27-28-56-48)31-47(49,4)62-49)57-45-40(61-44(53)36-23-15-8-16-24-36)39(60-43(52)35-21-13-7-14-22-35)38(59-42(51)34-19-11-6-12-20-34)37(58-45)29-54-41(50)33-17-9-5-10-18-33/h5-26,32,37-40,45H,27-31H2,1-4H3. The van der Waals surface area contributed by atoms with Crippen molar-refractivity contribution in [2.75, 3.05) is 19.8 Å². The van der Waals surface area contributed by atoms with Crippen molar-refractivity contribution in [2.45, 2.75) is 94.3 Å². The van der Waals surface area contributed by atoms with Crippen LogP contribution in [-0.4, -0.2) is 97.5 Å². The highest BCUT2D eigenvalue weighted by atomic mass is 16.8. The summed E-state index contributed by atoms with van der Waals surface area (Å²) in [6.45, 7) is 8.64. The van der Waals surface area contributed by atoms with Crippen molar-refractivity contribution < 1.29 is 61.8 Å². The Hall–Kier alpha value is -5.70. The van der Waals surface area contributed by atoms with Crippen LogP contribution in [0.1, 0.15) is 82.0 Å². The van der Waals surface area contributed by atoms with Gasteiger partial charge in [-0.25, -0.2) is 19.2 Å². The zero-order chi connectivity index (χ0) is 43.5. The van der Waals surface area contributed by atoms with E-state index in [1.165, 1.54) is 0 Å². The van der Waals surface area contributed by atoms with Crippen LogP contribution < -0.4 is 0 Å². The molecule has 13 heteroatoms. The molecule has 4 aromatic rings.